The molecule has 0 amide bonds. The van der Waals surface area contributed by atoms with Gasteiger partial charge in [-0.3, -0.25) is 4.79 Å². The summed E-state index contributed by atoms with van der Waals surface area (Å²) in [6.45, 7) is 5.74. The van der Waals surface area contributed by atoms with Crippen molar-refractivity contribution in [2.45, 2.75) is 27.2 Å². The molecule has 0 bridgehead atoms. The number of carboxylic acid groups (broad SMARTS) is 1. The zero-order chi connectivity index (χ0) is 13.0. The Balaban J connectivity index is 2.81. The molecule has 0 heterocycles. The van der Waals surface area contributed by atoms with Gasteiger partial charge in [0.2, 0.25) is 0 Å². The lowest BCUT2D eigenvalue weighted by molar-refractivity contribution is -0.131. The molecular weight excluding hydrogens is 216 g/mol. The first-order valence-corrected chi connectivity index (χ1v) is 5.70. The fraction of sp³-hybridized carbons (Fsp3) is 0.429. The fourth-order valence-corrected chi connectivity index (χ4v) is 2.14. The first-order chi connectivity index (χ1) is 7.90. The molecule has 0 saturated heterocycles. The van der Waals surface area contributed by atoms with Gasteiger partial charge in [-0.2, -0.15) is 0 Å². The van der Waals surface area contributed by atoms with Gasteiger partial charge in [0.1, 0.15) is 0 Å². The van der Waals surface area contributed by atoms with Crippen molar-refractivity contribution in [3.05, 3.63) is 35.5 Å². The quantitative estimate of drug-likeness (QED) is 0.603. The molecule has 1 aliphatic rings. The van der Waals surface area contributed by atoms with Gasteiger partial charge in [0.05, 0.1) is 0 Å². The van der Waals surface area contributed by atoms with Crippen molar-refractivity contribution in [3.8, 4) is 0 Å². The molecule has 0 aromatic rings. The highest BCUT2D eigenvalue weighted by Gasteiger charge is 2.23. The first-order valence-electron chi connectivity index (χ1n) is 5.70. The standard InChI is InChI=1S/C14H18O3/c1-9(6-14(16)17)4-5-13-10(2)7-12(15)8-11(13)3/h4-7,11,13H,8H2,1-3H3,(H,16,17)/b5-4+,9-6-/t11-,13+/m1/s1. The highest BCUT2D eigenvalue weighted by atomic mass is 16.4. The average Bonchev–Trinajstić information content (AvgIpc) is 2.14. The maximum Gasteiger partial charge on any atom is 0.328 e. The lowest BCUT2D eigenvalue weighted by Crippen LogP contribution is -2.20. The van der Waals surface area contributed by atoms with Crippen molar-refractivity contribution in [3.63, 3.8) is 0 Å². The molecule has 3 nitrogen and oxygen atoms in total. The second-order valence-electron chi connectivity index (χ2n) is 4.65. The number of hydrogen-bond donors (Lipinski definition) is 1. The van der Waals surface area contributed by atoms with Crippen molar-refractivity contribution < 1.29 is 14.7 Å². The molecule has 0 spiro atoms. The van der Waals surface area contributed by atoms with Crippen molar-refractivity contribution in [2.24, 2.45) is 11.8 Å². The molecule has 0 aromatic carbocycles. The van der Waals surface area contributed by atoms with E-state index < -0.39 is 5.97 Å². The third kappa shape index (κ3) is 4.02. The van der Waals surface area contributed by atoms with Crippen LogP contribution in [0.4, 0.5) is 0 Å². The molecule has 1 rings (SSSR count). The molecule has 3 heteroatoms. The Bertz CT molecular complexity index is 413. The van der Waals surface area contributed by atoms with Crippen LogP contribution in [0.1, 0.15) is 27.2 Å². The van der Waals surface area contributed by atoms with Crippen LogP contribution in [0, 0.1) is 11.8 Å². The minimum atomic E-state index is -0.939. The Morgan fingerprint density at radius 2 is 2.18 bits per heavy atom. The first kappa shape index (κ1) is 13.4. The minimum absolute atomic E-state index is 0.178. The molecule has 0 aromatic heterocycles. The second kappa shape index (κ2) is 5.62. The summed E-state index contributed by atoms with van der Waals surface area (Å²) in [5.41, 5.74) is 1.75. The highest BCUT2D eigenvalue weighted by Crippen LogP contribution is 2.29. The Morgan fingerprint density at radius 1 is 1.53 bits per heavy atom. The zero-order valence-corrected chi connectivity index (χ0v) is 10.4. The average molecular weight is 234 g/mol. The Hall–Kier alpha value is -1.64. The van der Waals surface area contributed by atoms with Crippen LogP contribution in [0.5, 0.6) is 0 Å². The van der Waals surface area contributed by atoms with Gasteiger partial charge in [-0.15, -0.1) is 0 Å². The van der Waals surface area contributed by atoms with Crippen molar-refractivity contribution in [1.82, 2.24) is 0 Å². The molecule has 0 aliphatic heterocycles. The van der Waals surface area contributed by atoms with E-state index >= 15 is 0 Å². The van der Waals surface area contributed by atoms with Gasteiger partial charge in [0, 0.05) is 18.4 Å². The number of carboxylic acids is 1. The molecule has 92 valence electrons. The molecule has 1 N–H and O–H groups in total. The summed E-state index contributed by atoms with van der Waals surface area (Å²) in [6.07, 6.45) is 7.22. The van der Waals surface area contributed by atoms with Crippen molar-refractivity contribution >= 4 is 11.8 Å². The Labute approximate surface area is 102 Å². The fourth-order valence-electron chi connectivity index (χ4n) is 2.14. The van der Waals surface area contributed by atoms with Crippen molar-refractivity contribution in [1.29, 1.82) is 0 Å². The van der Waals surface area contributed by atoms with E-state index in [9.17, 15) is 9.59 Å². The summed E-state index contributed by atoms with van der Waals surface area (Å²) in [7, 11) is 0. The molecule has 1 aliphatic carbocycles. The largest absolute Gasteiger partial charge is 0.478 e. The number of aliphatic carboxylic acids is 1. The van der Waals surface area contributed by atoms with E-state index in [1.807, 2.05) is 26.0 Å². The monoisotopic (exact) mass is 234 g/mol. The molecular formula is C14H18O3. The molecule has 2 atom stereocenters. The van der Waals surface area contributed by atoms with E-state index in [0.717, 1.165) is 5.57 Å². The number of carbonyl (C=O) groups is 2. The van der Waals surface area contributed by atoms with Gasteiger partial charge >= 0.3 is 5.97 Å². The summed E-state index contributed by atoms with van der Waals surface area (Å²) >= 11 is 0. The van der Waals surface area contributed by atoms with E-state index in [1.54, 1.807) is 13.0 Å². The van der Waals surface area contributed by atoms with Gasteiger partial charge in [0.25, 0.3) is 0 Å². The van der Waals surface area contributed by atoms with Crippen LogP contribution in [0.25, 0.3) is 0 Å². The van der Waals surface area contributed by atoms with Crippen LogP contribution in [-0.2, 0) is 9.59 Å². The van der Waals surface area contributed by atoms with Crippen molar-refractivity contribution in [2.75, 3.05) is 0 Å². The van der Waals surface area contributed by atoms with E-state index in [0.29, 0.717) is 12.0 Å². The van der Waals surface area contributed by atoms with Crippen LogP contribution < -0.4 is 0 Å². The maximum absolute atomic E-state index is 11.3. The molecule has 0 unspecified atom stereocenters. The van der Waals surface area contributed by atoms with E-state index in [4.69, 9.17) is 5.11 Å². The summed E-state index contributed by atoms with van der Waals surface area (Å²) in [5, 5.41) is 8.59. The molecule has 0 radical (unpaired) electrons. The number of ketones is 1. The summed E-state index contributed by atoms with van der Waals surface area (Å²) < 4.78 is 0. The predicted molar refractivity (Wildman–Crippen MR) is 66.6 cm³/mol. The van der Waals surface area contributed by atoms with E-state index in [1.165, 1.54) is 6.08 Å². The van der Waals surface area contributed by atoms with Crippen LogP contribution >= 0.6 is 0 Å². The molecule has 0 fully saturated rings. The summed E-state index contributed by atoms with van der Waals surface area (Å²) in [4.78, 5) is 21.8. The third-order valence-electron chi connectivity index (χ3n) is 2.97. The van der Waals surface area contributed by atoms with Gasteiger partial charge in [-0.05, 0) is 31.4 Å². The second-order valence-corrected chi connectivity index (χ2v) is 4.65. The normalized spacial score (nSPS) is 26.2. The van der Waals surface area contributed by atoms with Crippen LogP contribution in [0.3, 0.4) is 0 Å². The number of carbonyl (C=O) groups excluding carboxylic acids is 1. The highest BCUT2D eigenvalue weighted by molar-refractivity contribution is 5.91. The van der Waals surface area contributed by atoms with Gasteiger partial charge in [-0.25, -0.2) is 4.79 Å². The summed E-state index contributed by atoms with van der Waals surface area (Å²) in [6, 6.07) is 0. The lowest BCUT2D eigenvalue weighted by Gasteiger charge is -2.25. The van der Waals surface area contributed by atoms with Gasteiger partial charge in [0.15, 0.2) is 5.78 Å². The lowest BCUT2D eigenvalue weighted by atomic mass is 9.79. The number of rotatable bonds is 3. The number of hydrogen-bond acceptors (Lipinski definition) is 2. The van der Waals surface area contributed by atoms with Gasteiger partial charge in [-0.1, -0.05) is 24.6 Å². The third-order valence-corrected chi connectivity index (χ3v) is 2.97. The predicted octanol–water partition coefficient (Wildman–Crippen LogP) is 2.74. The van der Waals surface area contributed by atoms with E-state index in [2.05, 4.69) is 0 Å². The SMILES string of the molecule is CC1=CC(=O)C[C@@H](C)[C@H]1/C=C/C(C)=C\C(=O)O. The smallest absolute Gasteiger partial charge is 0.328 e. The van der Waals surface area contributed by atoms with Crippen LogP contribution in [0.2, 0.25) is 0 Å². The van der Waals surface area contributed by atoms with E-state index in [-0.39, 0.29) is 17.6 Å². The Morgan fingerprint density at radius 3 is 2.71 bits per heavy atom. The van der Waals surface area contributed by atoms with Gasteiger partial charge < -0.3 is 5.11 Å². The number of allylic oxidation sites excluding steroid dienone is 5. The van der Waals surface area contributed by atoms with Crippen LogP contribution in [0.15, 0.2) is 35.5 Å². The Kier molecular flexibility index (Phi) is 4.44. The molecule has 0 saturated carbocycles. The zero-order valence-electron chi connectivity index (χ0n) is 10.4. The topological polar surface area (TPSA) is 54.4 Å². The van der Waals surface area contributed by atoms with Crippen LogP contribution in [-0.4, -0.2) is 16.9 Å². The summed E-state index contributed by atoms with van der Waals surface area (Å²) in [5.74, 6) is -0.255. The minimum Gasteiger partial charge on any atom is -0.478 e. The maximum atomic E-state index is 11.3. The molecule has 17 heavy (non-hydrogen) atoms.